The second-order valence-electron chi connectivity index (χ2n) is 7.98. The van der Waals surface area contributed by atoms with E-state index in [1.165, 1.54) is 32.1 Å². The van der Waals surface area contributed by atoms with Gasteiger partial charge in [-0.05, 0) is 61.8 Å². The van der Waals surface area contributed by atoms with Crippen LogP contribution in [0.1, 0.15) is 38.1 Å². The Balaban J connectivity index is 1.63. The number of aromatic nitrogens is 4. The van der Waals surface area contributed by atoms with E-state index in [0.29, 0.717) is 17.9 Å². The summed E-state index contributed by atoms with van der Waals surface area (Å²) in [6.45, 7) is 0. The average molecular weight is 308 g/mol. The normalized spacial score (nSPS) is 35.6. The quantitative estimate of drug-likeness (QED) is 0.725. The summed E-state index contributed by atoms with van der Waals surface area (Å²) in [6, 6.07) is 2.43. The number of hydrogen-bond acceptors (Lipinski definition) is 2. The van der Waals surface area contributed by atoms with Crippen LogP contribution in [-0.4, -0.2) is 19.5 Å². The number of H-pyrrole nitrogens is 2. The van der Waals surface area contributed by atoms with Gasteiger partial charge in [-0.2, -0.15) is 0 Å². The molecule has 0 unspecified atom stereocenters. The van der Waals surface area contributed by atoms with Crippen LogP contribution < -0.4 is 5.69 Å². The van der Waals surface area contributed by atoms with Crippen LogP contribution in [0.4, 0.5) is 0 Å². The van der Waals surface area contributed by atoms with Crippen molar-refractivity contribution in [1.82, 2.24) is 19.5 Å². The summed E-state index contributed by atoms with van der Waals surface area (Å²) in [5.74, 6) is 3.21. The van der Waals surface area contributed by atoms with E-state index in [-0.39, 0.29) is 5.69 Å². The molecule has 0 radical (unpaired) electrons. The number of pyridine rings is 1. The summed E-state index contributed by atoms with van der Waals surface area (Å²) in [6.07, 6.45) is 10.4. The summed E-state index contributed by atoms with van der Waals surface area (Å²) in [5, 5.41) is 1.06. The number of fused-ring (bicyclic) bond motifs is 3. The first kappa shape index (κ1) is 12.4. The third kappa shape index (κ3) is 1.53. The fourth-order valence-electron chi connectivity index (χ4n) is 6.22. The molecule has 3 aromatic heterocycles. The smallest absolute Gasteiger partial charge is 0.326 e. The van der Waals surface area contributed by atoms with Crippen molar-refractivity contribution < 1.29 is 0 Å². The lowest BCUT2D eigenvalue weighted by atomic mass is 9.54. The Hall–Kier alpha value is -2.04. The minimum atomic E-state index is 0.0490. The molecule has 3 heterocycles. The summed E-state index contributed by atoms with van der Waals surface area (Å²) in [4.78, 5) is 23.4. The van der Waals surface area contributed by atoms with Crippen LogP contribution in [0.3, 0.4) is 0 Å². The van der Waals surface area contributed by atoms with Crippen LogP contribution in [0.5, 0.6) is 0 Å². The molecule has 0 atom stereocenters. The number of nitrogens with zero attached hydrogens (tertiary/aromatic N) is 2. The fraction of sp³-hybridized carbons (Fsp3) is 0.556. The maximum absolute atomic E-state index is 12.8. The van der Waals surface area contributed by atoms with Crippen LogP contribution >= 0.6 is 0 Å². The van der Waals surface area contributed by atoms with E-state index < -0.39 is 0 Å². The number of imidazole rings is 1. The number of aromatic amines is 2. The van der Waals surface area contributed by atoms with E-state index in [4.69, 9.17) is 0 Å². The molecule has 4 bridgehead atoms. The lowest BCUT2D eigenvalue weighted by molar-refractivity contribution is -0.0287. The highest BCUT2D eigenvalue weighted by molar-refractivity contribution is 6.00. The summed E-state index contributed by atoms with van der Waals surface area (Å²) >= 11 is 0. The molecule has 0 spiro atoms. The maximum Gasteiger partial charge on any atom is 0.326 e. The third-order valence-corrected chi connectivity index (χ3v) is 6.73. The Morgan fingerprint density at radius 3 is 2.57 bits per heavy atom. The second kappa shape index (κ2) is 4.08. The van der Waals surface area contributed by atoms with Crippen molar-refractivity contribution in [2.45, 2.75) is 38.1 Å². The second-order valence-corrected chi connectivity index (χ2v) is 7.98. The van der Waals surface area contributed by atoms with Gasteiger partial charge < -0.3 is 9.97 Å². The zero-order valence-electron chi connectivity index (χ0n) is 13.0. The molecule has 5 heteroatoms. The van der Waals surface area contributed by atoms with Crippen LogP contribution in [0, 0.1) is 23.7 Å². The standard InChI is InChI=1S/C18H20N4O/c23-18-21-14-8-20-17-13(1-2-19-17)16(14)22(18)15-11-4-9-3-10(6-11)7-12(15)5-9/h1-2,8-12,15H,3-7H2,(H,19,20)(H,21,23)/t9-,10?,11-,12+,15?. The van der Waals surface area contributed by atoms with E-state index >= 15 is 0 Å². The topological polar surface area (TPSA) is 66.5 Å². The molecule has 0 aliphatic heterocycles. The Labute approximate surface area is 133 Å². The molecule has 118 valence electrons. The van der Waals surface area contributed by atoms with Gasteiger partial charge in [0.1, 0.15) is 5.65 Å². The lowest BCUT2D eigenvalue weighted by Gasteiger charge is -2.54. The van der Waals surface area contributed by atoms with E-state index in [2.05, 4.69) is 19.5 Å². The van der Waals surface area contributed by atoms with E-state index in [9.17, 15) is 4.79 Å². The van der Waals surface area contributed by atoms with Gasteiger partial charge >= 0.3 is 5.69 Å². The Bertz CT molecular complexity index is 950. The molecule has 0 amide bonds. The van der Waals surface area contributed by atoms with Gasteiger partial charge in [0.2, 0.25) is 0 Å². The molecule has 4 aliphatic carbocycles. The van der Waals surface area contributed by atoms with Gasteiger partial charge in [0, 0.05) is 17.6 Å². The van der Waals surface area contributed by atoms with Crippen LogP contribution in [0.2, 0.25) is 0 Å². The first-order valence-corrected chi connectivity index (χ1v) is 8.84. The summed E-state index contributed by atoms with van der Waals surface area (Å²) in [7, 11) is 0. The molecule has 4 aliphatic rings. The molecule has 4 fully saturated rings. The molecule has 5 nitrogen and oxygen atoms in total. The molecule has 23 heavy (non-hydrogen) atoms. The van der Waals surface area contributed by atoms with Gasteiger partial charge in [0.05, 0.1) is 17.2 Å². The number of hydrogen-bond donors (Lipinski definition) is 2. The summed E-state index contributed by atoms with van der Waals surface area (Å²) < 4.78 is 2.10. The van der Waals surface area contributed by atoms with Gasteiger partial charge in [-0.25, -0.2) is 9.78 Å². The van der Waals surface area contributed by atoms with Crippen molar-refractivity contribution in [3.05, 3.63) is 28.9 Å². The van der Waals surface area contributed by atoms with Gasteiger partial charge in [0.15, 0.2) is 0 Å². The molecule has 0 saturated heterocycles. The van der Waals surface area contributed by atoms with Gasteiger partial charge in [-0.15, -0.1) is 0 Å². The number of rotatable bonds is 1. The van der Waals surface area contributed by atoms with E-state index in [1.54, 1.807) is 6.20 Å². The van der Waals surface area contributed by atoms with Crippen molar-refractivity contribution in [2.75, 3.05) is 0 Å². The van der Waals surface area contributed by atoms with Crippen LogP contribution in [-0.2, 0) is 0 Å². The first-order valence-electron chi connectivity index (χ1n) is 8.84. The van der Waals surface area contributed by atoms with Gasteiger partial charge in [-0.3, -0.25) is 4.57 Å². The number of nitrogens with one attached hydrogen (secondary N) is 2. The predicted molar refractivity (Wildman–Crippen MR) is 88.3 cm³/mol. The molecule has 2 N–H and O–H groups in total. The van der Waals surface area contributed by atoms with Gasteiger partial charge in [0.25, 0.3) is 0 Å². The van der Waals surface area contributed by atoms with Crippen molar-refractivity contribution in [2.24, 2.45) is 23.7 Å². The summed E-state index contributed by atoms with van der Waals surface area (Å²) in [5.41, 5.74) is 2.84. The first-order chi connectivity index (χ1) is 11.3. The molecular weight excluding hydrogens is 288 g/mol. The molecule has 3 aromatic rings. The minimum absolute atomic E-state index is 0.0490. The molecule has 7 rings (SSSR count). The Morgan fingerprint density at radius 1 is 1.09 bits per heavy atom. The molecule has 4 saturated carbocycles. The van der Waals surface area contributed by atoms with E-state index in [1.807, 2.05) is 12.3 Å². The highest BCUT2D eigenvalue weighted by atomic mass is 16.1. The molecular formula is C18H20N4O. The van der Waals surface area contributed by atoms with Crippen molar-refractivity contribution >= 4 is 22.1 Å². The van der Waals surface area contributed by atoms with Crippen LogP contribution in [0.25, 0.3) is 22.1 Å². The monoisotopic (exact) mass is 308 g/mol. The molecule has 0 aromatic carbocycles. The maximum atomic E-state index is 12.8. The highest BCUT2D eigenvalue weighted by Crippen LogP contribution is 2.58. The Kier molecular flexibility index (Phi) is 2.20. The highest BCUT2D eigenvalue weighted by Gasteiger charge is 2.49. The van der Waals surface area contributed by atoms with Crippen LogP contribution in [0.15, 0.2) is 23.3 Å². The predicted octanol–water partition coefficient (Wildman–Crippen LogP) is 3.20. The SMILES string of the molecule is O=c1[nH]c2cnc3[nH]ccc3c2n1C1[C@H]2CC3C[C@H](C2)C[C@H]1C3. The van der Waals surface area contributed by atoms with Gasteiger partial charge in [-0.1, -0.05) is 0 Å². The minimum Gasteiger partial charge on any atom is -0.346 e. The van der Waals surface area contributed by atoms with Crippen molar-refractivity contribution in [3.63, 3.8) is 0 Å². The average Bonchev–Trinajstić information content (AvgIpc) is 3.10. The lowest BCUT2D eigenvalue weighted by Crippen LogP contribution is -2.47. The fourth-order valence-corrected chi connectivity index (χ4v) is 6.22. The third-order valence-electron chi connectivity index (χ3n) is 6.73. The Morgan fingerprint density at radius 2 is 1.83 bits per heavy atom. The zero-order valence-corrected chi connectivity index (χ0v) is 13.0. The van der Waals surface area contributed by atoms with E-state index in [0.717, 1.165) is 33.9 Å². The largest absolute Gasteiger partial charge is 0.346 e. The zero-order chi connectivity index (χ0) is 15.1. The van der Waals surface area contributed by atoms with Crippen molar-refractivity contribution in [1.29, 1.82) is 0 Å². The van der Waals surface area contributed by atoms with Crippen molar-refractivity contribution in [3.8, 4) is 0 Å².